The van der Waals surface area contributed by atoms with Gasteiger partial charge in [0.2, 0.25) is 5.95 Å². The first-order valence-electron chi connectivity index (χ1n) is 7.55. The van der Waals surface area contributed by atoms with Gasteiger partial charge in [-0.05, 0) is 41.1 Å². The number of tetrazole rings is 1. The Balaban J connectivity index is 1.91. The van der Waals surface area contributed by atoms with E-state index in [0.29, 0.717) is 11.5 Å². The third-order valence-electron chi connectivity index (χ3n) is 3.60. The van der Waals surface area contributed by atoms with Crippen LogP contribution in [-0.4, -0.2) is 43.4 Å². The molecule has 10 nitrogen and oxygen atoms in total. The number of rotatable bonds is 5. The first kappa shape index (κ1) is 17.0. The highest BCUT2D eigenvalue weighted by Gasteiger charge is 2.20. The smallest absolute Gasteiger partial charge is 0.247 e. The Morgan fingerprint density at radius 1 is 1.24 bits per heavy atom. The molecule has 0 atom stereocenters. The van der Waals surface area contributed by atoms with E-state index < -0.39 is 10.0 Å². The Bertz CT molecular complexity index is 992. The van der Waals surface area contributed by atoms with Crippen LogP contribution in [0.2, 0.25) is 0 Å². The minimum absolute atomic E-state index is 0.0993. The number of sulfonamides is 1. The second kappa shape index (κ2) is 6.24. The molecule has 2 aromatic heterocycles. The van der Waals surface area contributed by atoms with Gasteiger partial charge in [0.25, 0.3) is 10.0 Å². The molecule has 0 aliphatic rings. The summed E-state index contributed by atoms with van der Waals surface area (Å²) >= 11 is 0. The molecule has 0 bridgehead atoms. The average molecular weight is 362 g/mol. The summed E-state index contributed by atoms with van der Waals surface area (Å²) in [4.78, 5) is 4.35. The topological polar surface area (TPSA) is 120 Å². The van der Waals surface area contributed by atoms with E-state index in [-0.39, 0.29) is 16.8 Å². The average Bonchev–Trinajstić information content (AvgIpc) is 3.17. The summed E-state index contributed by atoms with van der Waals surface area (Å²) in [5.74, 6) is 0.846. The zero-order valence-corrected chi connectivity index (χ0v) is 15.1. The van der Waals surface area contributed by atoms with Gasteiger partial charge in [0.1, 0.15) is 6.33 Å². The van der Waals surface area contributed by atoms with Gasteiger partial charge in [0.15, 0.2) is 5.82 Å². The van der Waals surface area contributed by atoms with Gasteiger partial charge in [-0.15, -0.1) is 5.10 Å². The monoisotopic (exact) mass is 362 g/mol. The van der Waals surface area contributed by atoms with Crippen molar-refractivity contribution in [2.45, 2.75) is 31.6 Å². The van der Waals surface area contributed by atoms with Gasteiger partial charge in [-0.2, -0.15) is 10.1 Å². The SMILES string of the molecule is Cc1cc(S(=O)(=O)Nc2nc(C(C)C)nn2C)ccc1-n1cnnn1. The summed E-state index contributed by atoms with van der Waals surface area (Å²) < 4.78 is 30.6. The molecule has 1 N–H and O–H groups in total. The van der Waals surface area contributed by atoms with Gasteiger partial charge in [-0.1, -0.05) is 13.8 Å². The fraction of sp³-hybridized carbons (Fsp3) is 0.357. The van der Waals surface area contributed by atoms with Crippen LogP contribution in [0, 0.1) is 6.92 Å². The fourth-order valence-electron chi connectivity index (χ4n) is 2.24. The molecule has 0 aliphatic carbocycles. The van der Waals surface area contributed by atoms with Crippen LogP contribution in [0.25, 0.3) is 5.69 Å². The minimum atomic E-state index is -3.79. The molecule has 0 saturated heterocycles. The predicted molar refractivity (Wildman–Crippen MR) is 89.8 cm³/mol. The summed E-state index contributed by atoms with van der Waals surface area (Å²) in [5.41, 5.74) is 1.42. The van der Waals surface area contributed by atoms with Gasteiger partial charge in [0.05, 0.1) is 10.6 Å². The standard InChI is InChI=1S/C14H18N8O2S/c1-9(2)13-16-14(21(4)17-13)18-25(23,24)11-5-6-12(10(3)7-11)22-8-15-19-20-22/h5-9H,1-4H3,(H,16,17,18). The lowest BCUT2D eigenvalue weighted by Crippen LogP contribution is -2.16. The van der Waals surface area contributed by atoms with Crippen molar-refractivity contribution in [1.82, 2.24) is 35.0 Å². The van der Waals surface area contributed by atoms with Crippen molar-refractivity contribution in [3.05, 3.63) is 35.9 Å². The lowest BCUT2D eigenvalue weighted by molar-refractivity contribution is 0.600. The third kappa shape index (κ3) is 3.36. The van der Waals surface area contributed by atoms with Gasteiger partial charge >= 0.3 is 0 Å². The second-order valence-corrected chi connectivity index (χ2v) is 7.56. The van der Waals surface area contributed by atoms with Gasteiger partial charge in [-0.3, -0.25) is 0 Å². The highest BCUT2D eigenvalue weighted by molar-refractivity contribution is 7.92. The number of hydrogen-bond donors (Lipinski definition) is 1. The van der Waals surface area contributed by atoms with E-state index in [9.17, 15) is 8.42 Å². The summed E-state index contributed by atoms with van der Waals surface area (Å²) in [6.45, 7) is 5.67. The number of benzene rings is 1. The molecular formula is C14H18N8O2S. The highest BCUT2D eigenvalue weighted by Crippen LogP contribution is 2.21. The van der Waals surface area contributed by atoms with Crippen molar-refractivity contribution in [2.24, 2.45) is 7.05 Å². The van der Waals surface area contributed by atoms with Crippen LogP contribution >= 0.6 is 0 Å². The quantitative estimate of drug-likeness (QED) is 0.719. The van der Waals surface area contributed by atoms with E-state index in [1.165, 1.54) is 21.8 Å². The Hall–Kier alpha value is -2.82. The summed E-state index contributed by atoms with van der Waals surface area (Å²) in [5, 5.41) is 15.2. The molecule has 0 unspecified atom stereocenters. The van der Waals surface area contributed by atoms with Crippen LogP contribution in [0.1, 0.15) is 31.2 Å². The number of nitrogens with zero attached hydrogens (tertiary/aromatic N) is 7. The minimum Gasteiger partial charge on any atom is -0.247 e. The van der Waals surface area contributed by atoms with Crippen molar-refractivity contribution in [3.63, 3.8) is 0 Å². The molecule has 3 aromatic rings. The first-order chi connectivity index (χ1) is 11.8. The van der Waals surface area contributed by atoms with E-state index >= 15 is 0 Å². The van der Waals surface area contributed by atoms with Crippen molar-refractivity contribution in [1.29, 1.82) is 0 Å². The molecule has 0 aliphatic heterocycles. The van der Waals surface area contributed by atoms with E-state index in [4.69, 9.17) is 0 Å². The van der Waals surface area contributed by atoms with Gasteiger partial charge < -0.3 is 0 Å². The largest absolute Gasteiger partial charge is 0.264 e. The van der Waals surface area contributed by atoms with Crippen LogP contribution in [0.4, 0.5) is 5.95 Å². The van der Waals surface area contributed by atoms with Crippen molar-refractivity contribution >= 4 is 16.0 Å². The molecule has 3 rings (SSSR count). The molecule has 0 amide bonds. The molecule has 0 fully saturated rings. The molecule has 2 heterocycles. The van der Waals surface area contributed by atoms with Crippen LogP contribution in [0.5, 0.6) is 0 Å². The zero-order chi connectivity index (χ0) is 18.2. The second-order valence-electron chi connectivity index (χ2n) is 5.88. The molecular weight excluding hydrogens is 344 g/mol. The maximum Gasteiger partial charge on any atom is 0.264 e. The maximum atomic E-state index is 12.6. The van der Waals surface area contributed by atoms with Crippen molar-refractivity contribution in [2.75, 3.05) is 4.72 Å². The molecule has 0 radical (unpaired) electrons. The van der Waals surface area contributed by atoms with Gasteiger partial charge in [0, 0.05) is 13.0 Å². The van der Waals surface area contributed by atoms with E-state index in [1.807, 2.05) is 13.8 Å². The summed E-state index contributed by atoms with van der Waals surface area (Å²) in [6.07, 6.45) is 1.45. The zero-order valence-electron chi connectivity index (χ0n) is 14.2. The van der Waals surface area contributed by atoms with Crippen LogP contribution < -0.4 is 4.72 Å². The third-order valence-corrected chi connectivity index (χ3v) is 4.92. The summed E-state index contributed by atoms with van der Waals surface area (Å²) in [6, 6.07) is 4.70. The van der Waals surface area contributed by atoms with Crippen molar-refractivity contribution < 1.29 is 8.42 Å². The Morgan fingerprint density at radius 3 is 2.56 bits per heavy atom. The van der Waals surface area contributed by atoms with E-state index in [1.54, 1.807) is 26.1 Å². The molecule has 1 aromatic carbocycles. The van der Waals surface area contributed by atoms with Crippen LogP contribution in [0.3, 0.4) is 0 Å². The predicted octanol–water partition coefficient (Wildman–Crippen LogP) is 1.02. The lowest BCUT2D eigenvalue weighted by Gasteiger charge is -2.10. The highest BCUT2D eigenvalue weighted by atomic mass is 32.2. The Morgan fingerprint density at radius 2 is 2.00 bits per heavy atom. The normalized spacial score (nSPS) is 11.9. The molecule has 132 valence electrons. The van der Waals surface area contributed by atoms with Gasteiger partial charge in [-0.25, -0.2) is 22.5 Å². The Kier molecular flexibility index (Phi) is 4.25. The Labute approximate surface area is 144 Å². The van der Waals surface area contributed by atoms with Crippen LogP contribution in [-0.2, 0) is 17.1 Å². The summed E-state index contributed by atoms with van der Waals surface area (Å²) in [7, 11) is -2.15. The molecule has 0 saturated carbocycles. The number of aryl methyl sites for hydroxylation is 2. The number of anilines is 1. The van der Waals surface area contributed by atoms with E-state index in [2.05, 4.69) is 30.3 Å². The van der Waals surface area contributed by atoms with Crippen molar-refractivity contribution in [3.8, 4) is 5.69 Å². The van der Waals surface area contributed by atoms with E-state index in [0.717, 1.165) is 5.56 Å². The number of hydrogen-bond acceptors (Lipinski definition) is 7. The van der Waals surface area contributed by atoms with Crippen LogP contribution in [0.15, 0.2) is 29.4 Å². The number of aromatic nitrogens is 7. The molecule has 0 spiro atoms. The fourth-order valence-corrected chi connectivity index (χ4v) is 3.36. The first-order valence-corrected chi connectivity index (χ1v) is 9.04. The molecule has 11 heteroatoms. The number of nitrogens with one attached hydrogen (secondary N) is 1. The lowest BCUT2D eigenvalue weighted by atomic mass is 10.2. The molecule has 25 heavy (non-hydrogen) atoms. The maximum absolute atomic E-state index is 12.6.